The van der Waals surface area contributed by atoms with Gasteiger partial charge in [-0.05, 0) is 53.8 Å². The fraction of sp³-hybridized carbons (Fsp3) is 0.143. The number of anilines is 1. The van der Waals surface area contributed by atoms with Crippen molar-refractivity contribution in [1.82, 2.24) is 0 Å². The highest BCUT2D eigenvalue weighted by Gasteiger charge is 2.34. The SMILES string of the molecule is Cc1ccc(S(=O)(=O)Nc2cc(C(F)(F)F)c(Br)cc2I)cc1. The minimum absolute atomic E-state index is 0.0182. The lowest BCUT2D eigenvalue weighted by Crippen LogP contribution is -2.15. The smallest absolute Gasteiger partial charge is 0.279 e. The molecule has 1 N–H and O–H groups in total. The minimum Gasteiger partial charge on any atom is -0.279 e. The molecule has 0 fully saturated rings. The average Bonchev–Trinajstić information content (AvgIpc) is 2.41. The van der Waals surface area contributed by atoms with Gasteiger partial charge in [0.1, 0.15) is 0 Å². The standard InChI is InChI=1S/C14H10BrF3INO2S/c1-8-2-4-9(5-3-8)23(21,22)20-13-6-10(14(16,17)18)11(15)7-12(13)19/h2-7,20H,1H3. The second-order valence-electron chi connectivity index (χ2n) is 4.73. The Morgan fingerprint density at radius 3 is 2.22 bits per heavy atom. The van der Waals surface area contributed by atoms with E-state index in [0.29, 0.717) is 3.57 Å². The summed E-state index contributed by atoms with van der Waals surface area (Å²) < 4.78 is 65.9. The van der Waals surface area contributed by atoms with E-state index in [-0.39, 0.29) is 15.1 Å². The third-order valence-electron chi connectivity index (χ3n) is 2.94. The zero-order valence-corrected chi connectivity index (χ0v) is 16.1. The number of rotatable bonds is 3. The van der Waals surface area contributed by atoms with E-state index in [0.717, 1.165) is 11.6 Å². The highest BCUT2D eigenvalue weighted by molar-refractivity contribution is 14.1. The second-order valence-corrected chi connectivity index (χ2v) is 8.43. The first kappa shape index (κ1) is 18.5. The highest BCUT2D eigenvalue weighted by Crippen LogP contribution is 2.38. The summed E-state index contributed by atoms with van der Waals surface area (Å²) in [5.41, 5.74) is -0.192. The number of aryl methyl sites for hydroxylation is 1. The van der Waals surface area contributed by atoms with Gasteiger partial charge >= 0.3 is 6.18 Å². The summed E-state index contributed by atoms with van der Waals surface area (Å²) in [6.07, 6.45) is -4.59. The molecule has 0 heterocycles. The van der Waals surface area contributed by atoms with Crippen LogP contribution in [-0.4, -0.2) is 8.42 Å². The molecule has 0 aliphatic heterocycles. The minimum atomic E-state index is -4.59. The molecule has 0 aromatic heterocycles. The van der Waals surface area contributed by atoms with Crippen LogP contribution in [0.15, 0.2) is 45.8 Å². The van der Waals surface area contributed by atoms with Crippen LogP contribution in [0.25, 0.3) is 0 Å². The Bertz CT molecular complexity index is 836. The van der Waals surface area contributed by atoms with Gasteiger partial charge in [-0.2, -0.15) is 13.2 Å². The molecule has 9 heteroatoms. The Morgan fingerprint density at radius 1 is 1.13 bits per heavy atom. The van der Waals surface area contributed by atoms with E-state index in [2.05, 4.69) is 20.7 Å². The first-order valence-corrected chi connectivity index (χ1v) is 9.52. The summed E-state index contributed by atoms with van der Waals surface area (Å²) in [5.74, 6) is 0. The van der Waals surface area contributed by atoms with Crippen LogP contribution >= 0.6 is 38.5 Å². The average molecular weight is 520 g/mol. The van der Waals surface area contributed by atoms with Crippen molar-refractivity contribution in [3.05, 3.63) is 55.6 Å². The van der Waals surface area contributed by atoms with Crippen molar-refractivity contribution >= 4 is 54.2 Å². The van der Waals surface area contributed by atoms with Crippen molar-refractivity contribution in [2.45, 2.75) is 18.0 Å². The largest absolute Gasteiger partial charge is 0.417 e. The molecule has 0 saturated heterocycles. The van der Waals surface area contributed by atoms with Gasteiger partial charge < -0.3 is 0 Å². The van der Waals surface area contributed by atoms with E-state index in [9.17, 15) is 21.6 Å². The summed E-state index contributed by atoms with van der Waals surface area (Å²) >= 11 is 4.62. The van der Waals surface area contributed by atoms with Gasteiger partial charge in [-0.25, -0.2) is 8.42 Å². The monoisotopic (exact) mass is 519 g/mol. The summed E-state index contributed by atoms with van der Waals surface area (Å²) in [6, 6.07) is 8.01. The van der Waals surface area contributed by atoms with E-state index in [4.69, 9.17) is 0 Å². The Hall–Kier alpha value is -0.810. The number of benzene rings is 2. The summed E-state index contributed by atoms with van der Waals surface area (Å²) in [6.45, 7) is 1.80. The maximum Gasteiger partial charge on any atom is 0.417 e. The molecule has 124 valence electrons. The molecule has 23 heavy (non-hydrogen) atoms. The molecule has 2 rings (SSSR count). The molecule has 0 amide bonds. The van der Waals surface area contributed by atoms with Crippen LogP contribution in [0.1, 0.15) is 11.1 Å². The van der Waals surface area contributed by atoms with E-state index in [1.54, 1.807) is 41.6 Å². The summed E-state index contributed by atoms with van der Waals surface area (Å²) in [5, 5.41) is 0. The van der Waals surface area contributed by atoms with Crippen LogP contribution in [0.5, 0.6) is 0 Å². The number of hydrogen-bond donors (Lipinski definition) is 1. The van der Waals surface area contributed by atoms with Gasteiger partial charge in [-0.15, -0.1) is 0 Å². The lowest BCUT2D eigenvalue weighted by atomic mass is 10.2. The first-order valence-electron chi connectivity index (χ1n) is 6.16. The van der Waals surface area contributed by atoms with Crippen molar-refractivity contribution in [3.63, 3.8) is 0 Å². The van der Waals surface area contributed by atoms with Gasteiger partial charge in [-0.1, -0.05) is 33.6 Å². The van der Waals surface area contributed by atoms with Crippen LogP contribution in [0, 0.1) is 10.5 Å². The summed E-state index contributed by atoms with van der Waals surface area (Å²) in [4.78, 5) is -0.0182. The van der Waals surface area contributed by atoms with Gasteiger partial charge in [0, 0.05) is 8.04 Å². The molecule has 0 atom stereocenters. The van der Waals surface area contributed by atoms with Crippen LogP contribution in [-0.2, 0) is 16.2 Å². The number of alkyl halides is 3. The van der Waals surface area contributed by atoms with Gasteiger partial charge in [0.25, 0.3) is 10.0 Å². The Morgan fingerprint density at radius 2 is 1.70 bits per heavy atom. The molecule has 0 aliphatic carbocycles. The summed E-state index contributed by atoms with van der Waals surface area (Å²) in [7, 11) is -3.97. The van der Waals surface area contributed by atoms with Crippen molar-refractivity contribution < 1.29 is 21.6 Å². The third-order valence-corrected chi connectivity index (χ3v) is 5.87. The predicted octanol–water partition coefficient (Wildman–Crippen LogP) is 5.18. The van der Waals surface area contributed by atoms with E-state index >= 15 is 0 Å². The number of halogens is 5. The first-order chi connectivity index (χ1) is 10.5. The zero-order chi connectivity index (χ0) is 17.4. The van der Waals surface area contributed by atoms with Gasteiger partial charge in [-0.3, -0.25) is 4.72 Å². The molecule has 0 spiro atoms. The normalized spacial score (nSPS) is 12.3. The predicted molar refractivity (Wildman–Crippen MR) is 93.8 cm³/mol. The molecule has 0 radical (unpaired) electrons. The van der Waals surface area contributed by atoms with Gasteiger partial charge in [0.05, 0.1) is 16.1 Å². The van der Waals surface area contributed by atoms with Crippen LogP contribution < -0.4 is 4.72 Å². The molecule has 2 aromatic rings. The fourth-order valence-corrected chi connectivity index (χ4v) is 4.62. The molecular weight excluding hydrogens is 510 g/mol. The van der Waals surface area contributed by atoms with E-state index in [1.165, 1.54) is 18.2 Å². The number of sulfonamides is 1. The zero-order valence-electron chi connectivity index (χ0n) is 11.6. The second kappa shape index (κ2) is 6.60. The van der Waals surface area contributed by atoms with Crippen molar-refractivity contribution in [2.75, 3.05) is 4.72 Å². The fourth-order valence-electron chi connectivity index (χ4n) is 1.77. The van der Waals surface area contributed by atoms with Crippen LogP contribution in [0.3, 0.4) is 0 Å². The highest BCUT2D eigenvalue weighted by atomic mass is 127. The van der Waals surface area contributed by atoms with E-state index in [1.807, 2.05) is 0 Å². The molecular formula is C14H10BrF3INO2S. The molecule has 0 unspecified atom stereocenters. The van der Waals surface area contributed by atoms with Crippen molar-refractivity contribution in [3.8, 4) is 0 Å². The quantitative estimate of drug-likeness (QED) is 0.568. The number of hydrogen-bond acceptors (Lipinski definition) is 2. The Kier molecular flexibility index (Phi) is 5.31. The van der Waals surface area contributed by atoms with Crippen molar-refractivity contribution in [2.24, 2.45) is 0 Å². The number of nitrogens with one attached hydrogen (secondary N) is 1. The van der Waals surface area contributed by atoms with Crippen LogP contribution in [0.4, 0.5) is 18.9 Å². The van der Waals surface area contributed by atoms with Crippen LogP contribution in [0.2, 0.25) is 0 Å². The van der Waals surface area contributed by atoms with E-state index < -0.39 is 21.8 Å². The van der Waals surface area contributed by atoms with Crippen molar-refractivity contribution in [1.29, 1.82) is 0 Å². The molecule has 0 bridgehead atoms. The maximum absolute atomic E-state index is 13.0. The molecule has 3 nitrogen and oxygen atoms in total. The maximum atomic E-state index is 13.0. The lowest BCUT2D eigenvalue weighted by Gasteiger charge is -2.15. The molecule has 0 aliphatic rings. The van der Waals surface area contributed by atoms with Gasteiger partial charge in [0.2, 0.25) is 0 Å². The molecule has 0 saturated carbocycles. The lowest BCUT2D eigenvalue weighted by molar-refractivity contribution is -0.138. The Balaban J connectivity index is 2.45. The third kappa shape index (κ3) is 4.38. The topological polar surface area (TPSA) is 46.2 Å². The Labute approximate surface area is 153 Å². The molecule has 2 aromatic carbocycles. The van der Waals surface area contributed by atoms with Gasteiger partial charge in [0.15, 0.2) is 0 Å².